The van der Waals surface area contributed by atoms with E-state index in [9.17, 15) is 0 Å². The topological polar surface area (TPSA) is 29.3 Å². The quantitative estimate of drug-likeness (QED) is 0.789. The third-order valence-corrected chi connectivity index (χ3v) is 4.32. The second-order valence-electron chi connectivity index (χ2n) is 4.47. The molecule has 2 rings (SSSR count). The summed E-state index contributed by atoms with van der Waals surface area (Å²) in [5, 5.41) is 0.801. The van der Waals surface area contributed by atoms with Crippen LogP contribution in [0.3, 0.4) is 0 Å². The van der Waals surface area contributed by atoms with E-state index in [1.165, 1.54) is 9.26 Å². The third-order valence-electron chi connectivity index (χ3n) is 3.22. The van der Waals surface area contributed by atoms with Crippen LogP contribution in [0.25, 0.3) is 0 Å². The molecule has 2 unspecified atom stereocenters. The van der Waals surface area contributed by atoms with Gasteiger partial charge in [0.25, 0.3) is 0 Å². The number of halogens is 2. The molecule has 1 saturated heterocycles. The molecule has 0 amide bonds. The SMILES string of the molecule is CC1CN(c2ccc(Cl)cc2I)CCC1N. The van der Waals surface area contributed by atoms with Crippen molar-refractivity contribution >= 4 is 39.9 Å². The van der Waals surface area contributed by atoms with Gasteiger partial charge in [-0.25, -0.2) is 0 Å². The number of benzene rings is 1. The van der Waals surface area contributed by atoms with Gasteiger partial charge in [-0.05, 0) is 53.1 Å². The first kappa shape index (κ1) is 12.5. The molecule has 2 nitrogen and oxygen atoms in total. The lowest BCUT2D eigenvalue weighted by Crippen LogP contribution is -2.46. The number of piperidine rings is 1. The molecule has 0 aliphatic carbocycles. The normalized spacial score (nSPS) is 25.9. The summed E-state index contributed by atoms with van der Waals surface area (Å²) in [6.07, 6.45) is 1.07. The molecule has 0 saturated carbocycles. The van der Waals surface area contributed by atoms with E-state index in [1.807, 2.05) is 12.1 Å². The first-order valence-corrected chi connectivity index (χ1v) is 6.99. The molecule has 16 heavy (non-hydrogen) atoms. The summed E-state index contributed by atoms with van der Waals surface area (Å²) in [5.41, 5.74) is 7.31. The van der Waals surface area contributed by atoms with Gasteiger partial charge in [0.05, 0.1) is 5.69 Å². The van der Waals surface area contributed by atoms with Crippen LogP contribution >= 0.6 is 34.2 Å². The molecule has 1 heterocycles. The van der Waals surface area contributed by atoms with Crippen LogP contribution in [-0.4, -0.2) is 19.1 Å². The van der Waals surface area contributed by atoms with E-state index in [0.717, 1.165) is 24.5 Å². The van der Waals surface area contributed by atoms with E-state index in [4.69, 9.17) is 17.3 Å². The standard InChI is InChI=1S/C12H16ClIN2/c1-8-7-16(5-4-11(8)15)12-3-2-9(13)6-10(12)14/h2-3,6,8,11H,4-5,7,15H2,1H3. The third kappa shape index (κ3) is 2.63. The fourth-order valence-electron chi connectivity index (χ4n) is 2.12. The van der Waals surface area contributed by atoms with Gasteiger partial charge in [0, 0.05) is 27.7 Å². The van der Waals surface area contributed by atoms with Crippen molar-refractivity contribution in [2.24, 2.45) is 11.7 Å². The lowest BCUT2D eigenvalue weighted by atomic mass is 9.94. The van der Waals surface area contributed by atoms with Gasteiger partial charge in [0.1, 0.15) is 0 Å². The summed E-state index contributed by atoms with van der Waals surface area (Å²) in [6.45, 7) is 4.31. The van der Waals surface area contributed by atoms with E-state index in [0.29, 0.717) is 12.0 Å². The fraction of sp³-hybridized carbons (Fsp3) is 0.500. The maximum atomic E-state index is 6.03. The molecule has 0 spiro atoms. The van der Waals surface area contributed by atoms with Crippen LogP contribution in [0.15, 0.2) is 18.2 Å². The molecule has 1 aliphatic heterocycles. The van der Waals surface area contributed by atoms with Crippen molar-refractivity contribution in [3.63, 3.8) is 0 Å². The molecule has 0 bridgehead atoms. The maximum Gasteiger partial charge on any atom is 0.0503 e. The molecular weight excluding hydrogens is 335 g/mol. The molecule has 0 radical (unpaired) electrons. The first-order chi connectivity index (χ1) is 7.58. The van der Waals surface area contributed by atoms with Crippen molar-refractivity contribution in [2.75, 3.05) is 18.0 Å². The van der Waals surface area contributed by atoms with Crippen LogP contribution in [0.1, 0.15) is 13.3 Å². The second kappa shape index (κ2) is 5.10. The van der Waals surface area contributed by atoms with E-state index in [1.54, 1.807) is 0 Å². The molecule has 1 aliphatic rings. The van der Waals surface area contributed by atoms with Gasteiger partial charge < -0.3 is 10.6 Å². The molecule has 0 aromatic heterocycles. The maximum absolute atomic E-state index is 6.03. The highest BCUT2D eigenvalue weighted by Crippen LogP contribution is 2.29. The zero-order valence-corrected chi connectivity index (χ0v) is 12.2. The van der Waals surface area contributed by atoms with Crippen LogP contribution in [0.2, 0.25) is 5.02 Å². The predicted molar refractivity (Wildman–Crippen MR) is 78.1 cm³/mol. The second-order valence-corrected chi connectivity index (χ2v) is 6.07. The molecule has 1 aromatic rings. The van der Waals surface area contributed by atoms with Crippen LogP contribution in [-0.2, 0) is 0 Å². The van der Waals surface area contributed by atoms with Crippen molar-refractivity contribution in [1.82, 2.24) is 0 Å². The van der Waals surface area contributed by atoms with Crippen LogP contribution < -0.4 is 10.6 Å². The van der Waals surface area contributed by atoms with Gasteiger partial charge in [-0.2, -0.15) is 0 Å². The Balaban J connectivity index is 2.18. The number of hydrogen-bond acceptors (Lipinski definition) is 2. The highest BCUT2D eigenvalue weighted by atomic mass is 127. The summed E-state index contributed by atoms with van der Waals surface area (Å²) in [7, 11) is 0. The van der Waals surface area contributed by atoms with Gasteiger partial charge in [-0.3, -0.25) is 0 Å². The van der Waals surface area contributed by atoms with E-state index in [-0.39, 0.29) is 0 Å². The zero-order valence-electron chi connectivity index (χ0n) is 9.29. The molecule has 88 valence electrons. The van der Waals surface area contributed by atoms with E-state index < -0.39 is 0 Å². The summed E-state index contributed by atoms with van der Waals surface area (Å²) in [6, 6.07) is 6.42. The number of anilines is 1. The Morgan fingerprint density at radius 2 is 2.25 bits per heavy atom. The molecule has 2 atom stereocenters. The first-order valence-electron chi connectivity index (χ1n) is 5.53. The molecule has 1 aromatic carbocycles. The summed E-state index contributed by atoms with van der Waals surface area (Å²) in [4.78, 5) is 2.41. The van der Waals surface area contributed by atoms with Crippen molar-refractivity contribution < 1.29 is 0 Å². The fourth-order valence-corrected chi connectivity index (χ4v) is 3.33. The van der Waals surface area contributed by atoms with Gasteiger partial charge in [-0.15, -0.1) is 0 Å². The van der Waals surface area contributed by atoms with Crippen molar-refractivity contribution in [3.8, 4) is 0 Å². The number of rotatable bonds is 1. The summed E-state index contributed by atoms with van der Waals surface area (Å²) >= 11 is 8.31. The largest absolute Gasteiger partial charge is 0.370 e. The number of hydrogen-bond donors (Lipinski definition) is 1. The Hall–Kier alpha value is -0.0000000000000000763. The van der Waals surface area contributed by atoms with Gasteiger partial charge >= 0.3 is 0 Å². The van der Waals surface area contributed by atoms with Crippen molar-refractivity contribution in [3.05, 3.63) is 26.8 Å². The van der Waals surface area contributed by atoms with E-state index >= 15 is 0 Å². The minimum absolute atomic E-state index is 0.348. The Bertz CT molecular complexity index is 383. The smallest absolute Gasteiger partial charge is 0.0503 e. The average molecular weight is 351 g/mol. The van der Waals surface area contributed by atoms with Crippen LogP contribution in [0.5, 0.6) is 0 Å². The molecular formula is C12H16ClIN2. The monoisotopic (exact) mass is 350 g/mol. The number of nitrogens with two attached hydrogens (primary N) is 1. The Morgan fingerprint density at radius 1 is 1.50 bits per heavy atom. The molecule has 4 heteroatoms. The highest BCUT2D eigenvalue weighted by Gasteiger charge is 2.24. The van der Waals surface area contributed by atoms with Crippen molar-refractivity contribution in [2.45, 2.75) is 19.4 Å². The lowest BCUT2D eigenvalue weighted by Gasteiger charge is -2.37. The van der Waals surface area contributed by atoms with E-state index in [2.05, 4.69) is 40.5 Å². The van der Waals surface area contributed by atoms with Gasteiger partial charge in [0.15, 0.2) is 0 Å². The average Bonchev–Trinajstić information content (AvgIpc) is 2.22. The van der Waals surface area contributed by atoms with Crippen molar-refractivity contribution in [1.29, 1.82) is 0 Å². The molecule has 2 N–H and O–H groups in total. The minimum atomic E-state index is 0.348. The zero-order chi connectivity index (χ0) is 11.7. The minimum Gasteiger partial charge on any atom is -0.370 e. The summed E-state index contributed by atoms with van der Waals surface area (Å²) < 4.78 is 1.22. The summed E-state index contributed by atoms with van der Waals surface area (Å²) in [5.74, 6) is 0.556. The van der Waals surface area contributed by atoms with Crippen LogP contribution in [0, 0.1) is 9.49 Å². The van der Waals surface area contributed by atoms with Crippen LogP contribution in [0.4, 0.5) is 5.69 Å². The Kier molecular flexibility index (Phi) is 3.97. The Morgan fingerprint density at radius 3 is 2.88 bits per heavy atom. The molecule has 1 fully saturated rings. The number of nitrogens with zero attached hydrogens (tertiary/aromatic N) is 1. The highest BCUT2D eigenvalue weighted by molar-refractivity contribution is 14.1. The lowest BCUT2D eigenvalue weighted by molar-refractivity contribution is 0.382. The predicted octanol–water partition coefficient (Wildman–Crippen LogP) is 3.12. The Labute approximate surface area is 115 Å². The van der Waals surface area contributed by atoms with Gasteiger partial charge in [0.2, 0.25) is 0 Å². The van der Waals surface area contributed by atoms with Gasteiger partial charge in [-0.1, -0.05) is 18.5 Å².